The molecule has 0 bridgehead atoms. The molecule has 0 unspecified atom stereocenters. The first kappa shape index (κ1) is 21.8. The number of esters is 1. The highest BCUT2D eigenvalue weighted by Gasteiger charge is 2.13. The highest BCUT2D eigenvalue weighted by atomic mass is 16.5. The minimum Gasteiger partial charge on any atom is -0.454 e. The molecular weight excluding hydrogens is 398 g/mol. The van der Waals surface area contributed by atoms with Crippen LogP contribution in [0, 0.1) is 20.8 Å². The number of aromatic nitrogens is 1. The average molecular weight is 421 g/mol. The summed E-state index contributed by atoms with van der Waals surface area (Å²) in [5.41, 5.74) is 5.03. The van der Waals surface area contributed by atoms with Crippen LogP contribution in [-0.4, -0.2) is 36.1 Å². The standard InChI is InChI=1S/C23H23N3O5/c1-14-4-7-17(8-5-14)19-11-21(31-26-19)25-20(27)13-30-22(28)12-24-23(29)18-9-6-15(2)16(3)10-18/h4-11H,12-13H2,1-3H3,(H,24,29)(H,25,27). The van der Waals surface area contributed by atoms with E-state index in [0.717, 1.165) is 22.3 Å². The van der Waals surface area contributed by atoms with Crippen LogP contribution in [0.5, 0.6) is 0 Å². The second-order valence-electron chi connectivity index (χ2n) is 7.13. The lowest BCUT2D eigenvalue weighted by atomic mass is 10.1. The zero-order valence-corrected chi connectivity index (χ0v) is 17.5. The second-order valence-corrected chi connectivity index (χ2v) is 7.13. The summed E-state index contributed by atoms with van der Waals surface area (Å²) in [6.45, 7) is 4.96. The summed E-state index contributed by atoms with van der Waals surface area (Å²) < 4.78 is 9.98. The average Bonchev–Trinajstić information content (AvgIpc) is 3.21. The van der Waals surface area contributed by atoms with Crippen LogP contribution >= 0.6 is 0 Å². The maximum Gasteiger partial charge on any atom is 0.325 e. The van der Waals surface area contributed by atoms with E-state index in [1.807, 2.05) is 51.1 Å². The molecule has 160 valence electrons. The van der Waals surface area contributed by atoms with Gasteiger partial charge < -0.3 is 14.6 Å². The largest absolute Gasteiger partial charge is 0.454 e. The van der Waals surface area contributed by atoms with Crippen LogP contribution in [0.25, 0.3) is 11.3 Å². The molecule has 0 atom stereocenters. The van der Waals surface area contributed by atoms with Crippen molar-refractivity contribution in [2.24, 2.45) is 0 Å². The summed E-state index contributed by atoms with van der Waals surface area (Å²) in [6.07, 6.45) is 0. The molecule has 0 spiro atoms. The molecule has 8 nitrogen and oxygen atoms in total. The third-order valence-electron chi connectivity index (χ3n) is 4.65. The minimum absolute atomic E-state index is 0.139. The first-order chi connectivity index (χ1) is 14.8. The van der Waals surface area contributed by atoms with Crippen molar-refractivity contribution in [2.75, 3.05) is 18.5 Å². The third-order valence-corrected chi connectivity index (χ3v) is 4.65. The maximum atomic E-state index is 12.1. The highest BCUT2D eigenvalue weighted by Crippen LogP contribution is 2.21. The quantitative estimate of drug-likeness (QED) is 0.567. The molecule has 0 saturated carbocycles. The Hall–Kier alpha value is -3.94. The number of nitrogens with zero attached hydrogens (tertiary/aromatic N) is 1. The van der Waals surface area contributed by atoms with Crippen LogP contribution in [0.2, 0.25) is 0 Å². The Morgan fingerprint density at radius 2 is 1.71 bits per heavy atom. The Morgan fingerprint density at radius 1 is 0.968 bits per heavy atom. The number of anilines is 1. The maximum absolute atomic E-state index is 12.1. The molecule has 0 aliphatic carbocycles. The van der Waals surface area contributed by atoms with Gasteiger partial charge in [0, 0.05) is 17.2 Å². The molecule has 2 amide bonds. The van der Waals surface area contributed by atoms with Crippen molar-refractivity contribution in [3.05, 3.63) is 70.8 Å². The monoisotopic (exact) mass is 421 g/mol. The van der Waals surface area contributed by atoms with Crippen molar-refractivity contribution in [2.45, 2.75) is 20.8 Å². The van der Waals surface area contributed by atoms with Gasteiger partial charge in [0.1, 0.15) is 12.2 Å². The van der Waals surface area contributed by atoms with E-state index in [2.05, 4.69) is 15.8 Å². The molecule has 31 heavy (non-hydrogen) atoms. The van der Waals surface area contributed by atoms with Crippen molar-refractivity contribution >= 4 is 23.7 Å². The highest BCUT2D eigenvalue weighted by molar-refractivity contribution is 5.96. The number of aryl methyl sites for hydroxylation is 3. The van der Waals surface area contributed by atoms with Gasteiger partial charge in [-0.05, 0) is 44.0 Å². The van der Waals surface area contributed by atoms with Crippen molar-refractivity contribution in [3.63, 3.8) is 0 Å². The number of carbonyl (C=O) groups is 3. The Kier molecular flexibility index (Phi) is 6.81. The zero-order chi connectivity index (χ0) is 22.4. The van der Waals surface area contributed by atoms with Gasteiger partial charge in [-0.25, -0.2) is 0 Å². The molecule has 3 rings (SSSR count). The molecular formula is C23H23N3O5. The number of amides is 2. The minimum atomic E-state index is -0.731. The first-order valence-electron chi connectivity index (χ1n) is 9.66. The Bertz CT molecular complexity index is 1100. The summed E-state index contributed by atoms with van der Waals surface area (Å²) in [4.78, 5) is 35.9. The number of rotatable bonds is 7. The SMILES string of the molecule is Cc1ccc(-c2cc(NC(=O)COC(=O)CNC(=O)c3ccc(C)c(C)c3)on2)cc1. The first-order valence-corrected chi connectivity index (χ1v) is 9.66. The predicted molar refractivity (Wildman–Crippen MR) is 115 cm³/mol. The number of carbonyl (C=O) groups excluding carboxylic acids is 3. The van der Waals surface area contributed by atoms with Crippen molar-refractivity contribution in [3.8, 4) is 11.3 Å². The Balaban J connectivity index is 1.43. The topological polar surface area (TPSA) is 111 Å². The van der Waals surface area contributed by atoms with Gasteiger partial charge in [-0.1, -0.05) is 41.1 Å². The fourth-order valence-corrected chi connectivity index (χ4v) is 2.70. The molecule has 2 aromatic carbocycles. The van der Waals surface area contributed by atoms with E-state index >= 15 is 0 Å². The van der Waals surface area contributed by atoms with Crippen LogP contribution in [0.1, 0.15) is 27.0 Å². The van der Waals surface area contributed by atoms with E-state index in [-0.39, 0.29) is 12.4 Å². The fraction of sp³-hybridized carbons (Fsp3) is 0.217. The van der Waals surface area contributed by atoms with E-state index in [0.29, 0.717) is 11.3 Å². The summed E-state index contributed by atoms with van der Waals surface area (Å²) in [5.74, 6) is -1.57. The van der Waals surface area contributed by atoms with Gasteiger partial charge in [0.25, 0.3) is 11.8 Å². The molecule has 0 fully saturated rings. The molecule has 1 aromatic heterocycles. The molecule has 1 heterocycles. The number of hydrogen-bond acceptors (Lipinski definition) is 6. The van der Waals surface area contributed by atoms with E-state index < -0.39 is 24.4 Å². The Labute approximate surface area is 179 Å². The van der Waals surface area contributed by atoms with Crippen molar-refractivity contribution in [1.29, 1.82) is 0 Å². The number of nitrogens with one attached hydrogen (secondary N) is 2. The predicted octanol–water partition coefficient (Wildman–Crippen LogP) is 3.18. The fourth-order valence-electron chi connectivity index (χ4n) is 2.70. The van der Waals surface area contributed by atoms with E-state index in [1.54, 1.807) is 18.2 Å². The molecule has 3 aromatic rings. The lowest BCUT2D eigenvalue weighted by molar-refractivity contribution is -0.146. The number of hydrogen-bond donors (Lipinski definition) is 2. The van der Waals surface area contributed by atoms with Crippen LogP contribution in [0.4, 0.5) is 5.88 Å². The lowest BCUT2D eigenvalue weighted by Crippen LogP contribution is -2.32. The van der Waals surface area contributed by atoms with Gasteiger partial charge in [-0.15, -0.1) is 0 Å². The van der Waals surface area contributed by atoms with Crippen LogP contribution in [0.3, 0.4) is 0 Å². The molecule has 0 aliphatic heterocycles. The van der Waals surface area contributed by atoms with Crippen LogP contribution in [-0.2, 0) is 14.3 Å². The number of ether oxygens (including phenoxy) is 1. The van der Waals surface area contributed by atoms with Gasteiger partial charge in [0.15, 0.2) is 6.61 Å². The molecule has 0 radical (unpaired) electrons. The van der Waals surface area contributed by atoms with E-state index in [1.165, 1.54) is 0 Å². The Morgan fingerprint density at radius 3 is 2.42 bits per heavy atom. The third kappa shape index (κ3) is 6.02. The summed E-state index contributed by atoms with van der Waals surface area (Å²) in [7, 11) is 0. The molecule has 0 saturated heterocycles. The molecule has 0 aliphatic rings. The van der Waals surface area contributed by atoms with Gasteiger partial charge in [-0.2, -0.15) is 0 Å². The van der Waals surface area contributed by atoms with Crippen molar-refractivity contribution in [1.82, 2.24) is 10.5 Å². The van der Waals surface area contributed by atoms with Gasteiger partial charge >= 0.3 is 5.97 Å². The lowest BCUT2D eigenvalue weighted by Gasteiger charge is -2.07. The summed E-state index contributed by atoms with van der Waals surface area (Å²) in [5, 5.41) is 8.85. The van der Waals surface area contributed by atoms with Gasteiger partial charge in [0.2, 0.25) is 5.88 Å². The van der Waals surface area contributed by atoms with Gasteiger partial charge in [-0.3, -0.25) is 19.7 Å². The number of benzene rings is 2. The second kappa shape index (κ2) is 9.71. The molecule has 8 heteroatoms. The molecule has 2 N–H and O–H groups in total. The summed E-state index contributed by atoms with van der Waals surface area (Å²) in [6, 6.07) is 14.5. The van der Waals surface area contributed by atoms with E-state index in [4.69, 9.17) is 9.26 Å². The van der Waals surface area contributed by atoms with Gasteiger partial charge in [0.05, 0.1) is 0 Å². The van der Waals surface area contributed by atoms with Crippen LogP contribution in [0.15, 0.2) is 53.1 Å². The smallest absolute Gasteiger partial charge is 0.325 e. The van der Waals surface area contributed by atoms with Crippen LogP contribution < -0.4 is 10.6 Å². The van der Waals surface area contributed by atoms with E-state index in [9.17, 15) is 14.4 Å². The summed E-state index contributed by atoms with van der Waals surface area (Å²) >= 11 is 0. The normalized spacial score (nSPS) is 10.4. The van der Waals surface area contributed by atoms with Crippen molar-refractivity contribution < 1.29 is 23.6 Å². The zero-order valence-electron chi connectivity index (χ0n) is 17.5.